The molecule has 0 aliphatic rings. The van der Waals surface area contributed by atoms with E-state index in [2.05, 4.69) is 30.9 Å². The van der Waals surface area contributed by atoms with Gasteiger partial charge in [0.25, 0.3) is 20.2 Å². The van der Waals surface area contributed by atoms with Crippen molar-refractivity contribution in [3.8, 4) is 0 Å². The van der Waals surface area contributed by atoms with Gasteiger partial charge in [-0.25, -0.2) is 0 Å². The summed E-state index contributed by atoms with van der Waals surface area (Å²) in [4.78, 5) is 10.7. The summed E-state index contributed by atoms with van der Waals surface area (Å²) in [5.74, 6) is -0.166. The maximum absolute atomic E-state index is 11.6. The normalized spacial score (nSPS) is 11.9. The van der Waals surface area contributed by atoms with Crippen LogP contribution in [0.5, 0.6) is 0 Å². The zero-order valence-electron chi connectivity index (χ0n) is 14.8. The van der Waals surface area contributed by atoms with E-state index in [1.807, 2.05) is 0 Å². The van der Waals surface area contributed by atoms with Crippen LogP contribution >= 0.6 is 0 Å². The average molecular weight is 449 g/mol. The van der Waals surface area contributed by atoms with E-state index >= 15 is 0 Å². The average Bonchev–Trinajstić information content (AvgIpc) is 2.63. The summed E-state index contributed by atoms with van der Waals surface area (Å²) in [6.07, 6.45) is 0. The fourth-order valence-corrected chi connectivity index (χ4v) is 3.19. The molecule has 2 rings (SSSR count). The number of nitrogens with zero attached hydrogens (tertiary/aromatic N) is 3. The zero-order chi connectivity index (χ0) is 21.7. The molecule has 0 spiro atoms. The third kappa shape index (κ3) is 6.44. The number of aromatic nitrogens is 3. The summed E-state index contributed by atoms with van der Waals surface area (Å²) in [5.41, 5.74) is 5.00. The molecule has 0 aliphatic heterocycles. The van der Waals surface area contributed by atoms with Crippen LogP contribution in [-0.2, 0) is 20.2 Å². The van der Waals surface area contributed by atoms with E-state index in [4.69, 9.17) is 10.8 Å². The fraction of sp³-hybridized carbons (Fsp3) is 0.308. The molecule has 1 aromatic carbocycles. The van der Waals surface area contributed by atoms with Gasteiger partial charge in [-0.05, 0) is 18.2 Å². The van der Waals surface area contributed by atoms with Crippen LogP contribution in [-0.4, -0.2) is 72.2 Å². The molecule has 0 radical (unpaired) electrons. The Balaban J connectivity index is 2.52. The Morgan fingerprint density at radius 3 is 2.00 bits per heavy atom. The number of hydrogen-bond donors (Lipinski definition) is 7. The predicted molar refractivity (Wildman–Crippen MR) is 102 cm³/mol. The van der Waals surface area contributed by atoms with Crippen LogP contribution < -0.4 is 21.7 Å². The highest BCUT2D eigenvalue weighted by molar-refractivity contribution is 7.86. The quantitative estimate of drug-likeness (QED) is 0.213. The van der Waals surface area contributed by atoms with Gasteiger partial charge in [-0.3, -0.25) is 9.11 Å². The predicted octanol–water partition coefficient (Wildman–Crippen LogP) is -1.12. The van der Waals surface area contributed by atoms with Crippen molar-refractivity contribution in [2.75, 3.05) is 42.2 Å². The van der Waals surface area contributed by atoms with E-state index < -0.39 is 35.7 Å². The third-order valence-corrected chi connectivity index (χ3v) is 4.99. The van der Waals surface area contributed by atoms with E-state index in [-0.39, 0.29) is 37.5 Å². The highest BCUT2D eigenvalue weighted by atomic mass is 32.2. The second-order valence-electron chi connectivity index (χ2n) is 5.41. The van der Waals surface area contributed by atoms with Crippen LogP contribution in [0.25, 0.3) is 0 Å². The second-order valence-corrected chi connectivity index (χ2v) is 8.22. The van der Waals surface area contributed by atoms with Crippen LogP contribution in [0, 0.1) is 0 Å². The number of rotatable bonds is 10. The Bertz CT molecular complexity index is 1050. The summed E-state index contributed by atoms with van der Waals surface area (Å²) in [5, 5.41) is 16.9. The van der Waals surface area contributed by atoms with Crippen molar-refractivity contribution in [2.45, 2.75) is 9.79 Å². The summed E-state index contributed by atoms with van der Waals surface area (Å²) in [7, 11) is -9.41. The van der Waals surface area contributed by atoms with Crippen LogP contribution in [0.4, 0.5) is 23.5 Å². The standard InChI is InChI=1S/C13H19N7O7S2/c14-3-4-15-11-18-12(16-5-6-21)20-13(19-11)17-9-7-8(28(22,23)24)1-2-10(9)29(25,26)27/h1-2,7,21H,3-6,14H2,(H,22,23,24)(H,25,26,27)(H3,15,16,17,18,19,20). The summed E-state index contributed by atoms with van der Waals surface area (Å²) in [6, 6.07) is 2.38. The van der Waals surface area contributed by atoms with Crippen LogP contribution in [0.3, 0.4) is 0 Å². The van der Waals surface area contributed by atoms with Gasteiger partial charge in [0.2, 0.25) is 17.8 Å². The molecule has 0 unspecified atom stereocenters. The van der Waals surface area contributed by atoms with Crippen molar-refractivity contribution >= 4 is 43.8 Å². The molecule has 2 aromatic rings. The van der Waals surface area contributed by atoms with Crippen molar-refractivity contribution in [1.82, 2.24) is 15.0 Å². The summed E-state index contributed by atoms with van der Waals surface area (Å²) >= 11 is 0. The maximum atomic E-state index is 11.6. The summed E-state index contributed by atoms with van der Waals surface area (Å²) < 4.78 is 64.5. The first-order chi connectivity index (χ1) is 13.5. The molecule has 0 fully saturated rings. The monoisotopic (exact) mass is 449 g/mol. The minimum absolute atomic E-state index is 0.00964. The van der Waals surface area contributed by atoms with Gasteiger partial charge in [-0.15, -0.1) is 0 Å². The van der Waals surface area contributed by atoms with Gasteiger partial charge < -0.3 is 26.8 Å². The molecular formula is C13H19N7O7S2. The fourth-order valence-electron chi connectivity index (χ4n) is 2.05. The highest BCUT2D eigenvalue weighted by Crippen LogP contribution is 2.27. The van der Waals surface area contributed by atoms with Gasteiger partial charge in [0.05, 0.1) is 17.2 Å². The number of aliphatic hydroxyl groups is 1. The summed E-state index contributed by atoms with van der Waals surface area (Å²) in [6.45, 7) is 0.451. The van der Waals surface area contributed by atoms with E-state index in [0.29, 0.717) is 6.54 Å². The van der Waals surface area contributed by atoms with Crippen molar-refractivity contribution in [3.63, 3.8) is 0 Å². The molecule has 0 atom stereocenters. The van der Waals surface area contributed by atoms with Gasteiger partial charge in [0.1, 0.15) is 4.90 Å². The zero-order valence-corrected chi connectivity index (χ0v) is 16.4. The smallest absolute Gasteiger partial charge is 0.296 e. The maximum Gasteiger partial charge on any atom is 0.296 e. The van der Waals surface area contributed by atoms with Crippen LogP contribution in [0.1, 0.15) is 0 Å². The molecule has 0 saturated carbocycles. The van der Waals surface area contributed by atoms with Gasteiger partial charge in [0, 0.05) is 19.6 Å². The molecule has 29 heavy (non-hydrogen) atoms. The molecule has 1 heterocycles. The van der Waals surface area contributed by atoms with Crippen molar-refractivity contribution < 1.29 is 31.0 Å². The van der Waals surface area contributed by atoms with Crippen LogP contribution in [0.2, 0.25) is 0 Å². The molecule has 0 saturated heterocycles. The van der Waals surface area contributed by atoms with Crippen molar-refractivity contribution in [3.05, 3.63) is 18.2 Å². The molecular weight excluding hydrogens is 430 g/mol. The Labute approximate surface area is 166 Å². The first-order valence-electron chi connectivity index (χ1n) is 7.95. The molecule has 14 nitrogen and oxygen atoms in total. The van der Waals surface area contributed by atoms with Gasteiger partial charge in [-0.2, -0.15) is 31.8 Å². The van der Waals surface area contributed by atoms with E-state index in [1.165, 1.54) is 0 Å². The largest absolute Gasteiger partial charge is 0.395 e. The van der Waals surface area contributed by atoms with Gasteiger partial charge >= 0.3 is 0 Å². The molecule has 1 aromatic heterocycles. The minimum Gasteiger partial charge on any atom is -0.395 e. The number of nitrogens with two attached hydrogens (primary N) is 1. The molecule has 16 heteroatoms. The lowest BCUT2D eigenvalue weighted by molar-refractivity contribution is 0.311. The Hall–Kier alpha value is -2.63. The first kappa shape index (κ1) is 22.7. The van der Waals surface area contributed by atoms with E-state index in [9.17, 15) is 25.9 Å². The Morgan fingerprint density at radius 1 is 0.897 bits per heavy atom. The number of anilines is 4. The molecule has 0 aliphatic carbocycles. The first-order valence-corrected chi connectivity index (χ1v) is 10.8. The lowest BCUT2D eigenvalue weighted by Crippen LogP contribution is -2.17. The van der Waals surface area contributed by atoms with Crippen LogP contribution in [0.15, 0.2) is 28.0 Å². The number of benzene rings is 1. The lowest BCUT2D eigenvalue weighted by atomic mass is 10.3. The number of hydrogen-bond acceptors (Lipinski definition) is 12. The topological polar surface area (TPSA) is 230 Å². The second kappa shape index (κ2) is 9.25. The van der Waals surface area contributed by atoms with E-state index in [0.717, 1.165) is 18.2 Å². The Kier molecular flexibility index (Phi) is 7.22. The van der Waals surface area contributed by atoms with Crippen molar-refractivity contribution in [2.24, 2.45) is 5.73 Å². The highest BCUT2D eigenvalue weighted by Gasteiger charge is 2.21. The third-order valence-electron chi connectivity index (χ3n) is 3.23. The molecule has 0 amide bonds. The molecule has 0 bridgehead atoms. The van der Waals surface area contributed by atoms with Gasteiger partial charge in [0.15, 0.2) is 0 Å². The molecule has 160 valence electrons. The number of aliphatic hydroxyl groups excluding tert-OH is 1. The minimum atomic E-state index is -4.76. The Morgan fingerprint density at radius 2 is 1.48 bits per heavy atom. The molecule has 8 N–H and O–H groups in total. The van der Waals surface area contributed by atoms with Gasteiger partial charge in [-0.1, -0.05) is 0 Å². The SMILES string of the molecule is NCCNc1nc(NCCO)nc(Nc2cc(S(=O)(=O)O)ccc2S(=O)(=O)O)n1. The lowest BCUT2D eigenvalue weighted by Gasteiger charge is -2.13. The van der Waals surface area contributed by atoms with Crippen molar-refractivity contribution in [1.29, 1.82) is 0 Å². The van der Waals surface area contributed by atoms with E-state index in [1.54, 1.807) is 0 Å². The number of nitrogens with one attached hydrogen (secondary N) is 3.